The number of rotatable bonds is 6. The van der Waals surface area contributed by atoms with Gasteiger partial charge in [0, 0.05) is 30.1 Å². The predicted octanol–water partition coefficient (Wildman–Crippen LogP) is 4.26. The molecule has 41 heavy (non-hydrogen) atoms. The Morgan fingerprint density at radius 2 is 1.88 bits per heavy atom. The summed E-state index contributed by atoms with van der Waals surface area (Å²) in [5.74, 6) is -2.65. The molecule has 0 radical (unpaired) electrons. The number of carbonyl (C=O) groups excluding carboxylic acids is 1. The number of H-pyrrole nitrogens is 1. The zero-order valence-electron chi connectivity index (χ0n) is 22.0. The molecule has 0 bridgehead atoms. The summed E-state index contributed by atoms with van der Waals surface area (Å²) in [7, 11) is -3.36. The number of benzene rings is 2. The lowest BCUT2D eigenvalue weighted by atomic mass is 9.97. The van der Waals surface area contributed by atoms with Gasteiger partial charge in [0.25, 0.3) is 0 Å². The summed E-state index contributed by atoms with van der Waals surface area (Å²) < 4.78 is 60.3. The van der Waals surface area contributed by atoms with Crippen molar-refractivity contribution in [2.75, 3.05) is 18.5 Å². The van der Waals surface area contributed by atoms with Crippen molar-refractivity contribution in [3.8, 4) is 17.3 Å². The summed E-state index contributed by atoms with van der Waals surface area (Å²) in [6, 6.07) is 10.4. The van der Waals surface area contributed by atoms with Gasteiger partial charge in [0.1, 0.15) is 5.82 Å². The van der Waals surface area contributed by atoms with Crippen LogP contribution in [0.1, 0.15) is 32.7 Å². The Morgan fingerprint density at radius 1 is 1.12 bits per heavy atom. The fraction of sp³-hybridized carbons (Fsp3) is 0.179. The van der Waals surface area contributed by atoms with Gasteiger partial charge in [0.05, 0.1) is 35.6 Å². The van der Waals surface area contributed by atoms with Crippen molar-refractivity contribution in [2.45, 2.75) is 19.9 Å². The van der Waals surface area contributed by atoms with Crippen molar-refractivity contribution in [1.29, 1.82) is 0 Å². The number of ketones is 1. The van der Waals surface area contributed by atoms with Crippen LogP contribution in [0.2, 0.25) is 0 Å². The summed E-state index contributed by atoms with van der Waals surface area (Å²) in [5.41, 5.74) is 10.4. The maximum Gasteiger partial charge on any atom is 0.219 e. The first-order valence-corrected chi connectivity index (χ1v) is 14.4. The van der Waals surface area contributed by atoms with Gasteiger partial charge in [0.15, 0.2) is 11.6 Å². The summed E-state index contributed by atoms with van der Waals surface area (Å²) in [5, 5.41) is 5.05. The minimum Gasteiger partial charge on any atom is -0.433 e. The number of sulfonamides is 1. The van der Waals surface area contributed by atoms with Gasteiger partial charge in [0.2, 0.25) is 27.4 Å². The lowest BCUT2D eigenvalue weighted by Crippen LogP contribution is -2.35. The Bertz CT molecular complexity index is 1950. The van der Waals surface area contributed by atoms with E-state index in [1.165, 1.54) is 39.8 Å². The number of aromatic amines is 1. The Labute approximate surface area is 233 Å². The van der Waals surface area contributed by atoms with E-state index in [2.05, 4.69) is 15.1 Å². The fourth-order valence-corrected chi connectivity index (χ4v) is 5.78. The monoisotopic (exact) mass is 578 g/mol. The molecule has 0 atom stereocenters. The first kappa shape index (κ1) is 26.6. The summed E-state index contributed by atoms with van der Waals surface area (Å²) in [6.07, 6.45) is 4.50. The van der Waals surface area contributed by atoms with Crippen molar-refractivity contribution < 1.29 is 26.7 Å². The van der Waals surface area contributed by atoms with Crippen molar-refractivity contribution in [2.24, 2.45) is 0 Å². The third kappa shape index (κ3) is 4.72. The zero-order valence-corrected chi connectivity index (χ0v) is 22.8. The van der Waals surface area contributed by atoms with Gasteiger partial charge < -0.3 is 15.5 Å². The standard InChI is InChI=1S/C28H24F2N6O4S/c1-15-10-25(40-27-20(29)4-3-5-21(27)30)32-13-24(15)36-28(31)18(12-33-36)26(37)23-11-17-19-14-35(41(2,38)39)9-8-16(19)6-7-22(17)34-23/h3-7,10-13,34H,8-9,14,31H2,1-2H3. The first-order chi connectivity index (χ1) is 19.5. The van der Waals surface area contributed by atoms with E-state index in [4.69, 9.17) is 10.5 Å². The minimum absolute atomic E-state index is 0.0341. The highest BCUT2D eigenvalue weighted by Crippen LogP contribution is 2.32. The predicted molar refractivity (Wildman–Crippen MR) is 148 cm³/mol. The number of nitrogens with zero attached hydrogens (tertiary/aromatic N) is 4. The number of nitrogen functional groups attached to an aromatic ring is 1. The zero-order chi connectivity index (χ0) is 29.1. The van der Waals surface area contributed by atoms with Crippen molar-refractivity contribution >= 4 is 32.5 Å². The maximum absolute atomic E-state index is 14.0. The number of anilines is 1. The number of nitrogens with two attached hydrogens (primary N) is 1. The molecule has 2 aromatic carbocycles. The number of fused-ring (bicyclic) bond motifs is 3. The molecule has 1 aliphatic rings. The third-order valence-electron chi connectivity index (χ3n) is 7.15. The van der Waals surface area contributed by atoms with Crippen molar-refractivity contribution in [1.82, 2.24) is 24.1 Å². The molecule has 1 aliphatic heterocycles. The van der Waals surface area contributed by atoms with Gasteiger partial charge in [-0.05, 0) is 54.3 Å². The Hall–Kier alpha value is -4.62. The fourth-order valence-electron chi connectivity index (χ4n) is 4.99. The second kappa shape index (κ2) is 9.78. The molecule has 0 saturated heterocycles. The minimum atomic E-state index is -3.36. The molecular formula is C28H24F2N6O4S. The lowest BCUT2D eigenvalue weighted by Gasteiger charge is -2.27. The van der Waals surface area contributed by atoms with Gasteiger partial charge >= 0.3 is 0 Å². The van der Waals surface area contributed by atoms with Crippen LogP contribution in [0.5, 0.6) is 11.6 Å². The van der Waals surface area contributed by atoms with Gasteiger partial charge in [-0.25, -0.2) is 26.9 Å². The number of halogens is 2. The highest BCUT2D eigenvalue weighted by atomic mass is 32.2. The molecule has 10 nitrogen and oxygen atoms in total. The number of pyridine rings is 1. The quantitative estimate of drug-likeness (QED) is 0.287. The number of carbonyl (C=O) groups is 1. The third-order valence-corrected chi connectivity index (χ3v) is 8.40. The van der Waals surface area contributed by atoms with Gasteiger partial charge in [-0.2, -0.15) is 9.40 Å². The second-order valence-corrected chi connectivity index (χ2v) is 11.8. The van der Waals surface area contributed by atoms with Crippen LogP contribution in [0, 0.1) is 18.6 Å². The van der Waals surface area contributed by atoms with Crippen molar-refractivity contribution in [3.05, 3.63) is 94.4 Å². The normalized spacial score (nSPS) is 13.9. The van der Waals surface area contributed by atoms with Crippen LogP contribution in [0.3, 0.4) is 0 Å². The molecule has 4 heterocycles. The van der Waals surface area contributed by atoms with Crippen LogP contribution in [-0.4, -0.2) is 51.1 Å². The second-order valence-electron chi connectivity index (χ2n) is 9.84. The largest absolute Gasteiger partial charge is 0.433 e. The molecule has 0 saturated carbocycles. The van der Waals surface area contributed by atoms with Crippen LogP contribution in [-0.2, 0) is 23.0 Å². The molecule has 0 unspecified atom stereocenters. The van der Waals surface area contributed by atoms with E-state index in [1.807, 2.05) is 12.1 Å². The number of hydrogen-bond donors (Lipinski definition) is 2. The van der Waals surface area contributed by atoms with Crippen molar-refractivity contribution in [3.63, 3.8) is 0 Å². The molecule has 0 amide bonds. The highest BCUT2D eigenvalue weighted by Gasteiger charge is 2.27. The lowest BCUT2D eigenvalue weighted by molar-refractivity contribution is 0.103. The van der Waals surface area contributed by atoms with Gasteiger partial charge in [-0.1, -0.05) is 12.1 Å². The number of hydrogen-bond acceptors (Lipinski definition) is 7. The number of aromatic nitrogens is 4. The van der Waals surface area contributed by atoms with Crippen LogP contribution >= 0.6 is 0 Å². The van der Waals surface area contributed by atoms with E-state index >= 15 is 0 Å². The van der Waals surface area contributed by atoms with Crippen LogP contribution in [0.25, 0.3) is 16.6 Å². The van der Waals surface area contributed by atoms with E-state index in [-0.39, 0.29) is 29.5 Å². The van der Waals surface area contributed by atoms with Crippen LogP contribution in [0.4, 0.5) is 14.6 Å². The molecule has 3 N–H and O–H groups in total. The highest BCUT2D eigenvalue weighted by molar-refractivity contribution is 7.88. The van der Waals surface area contributed by atoms with E-state index in [0.717, 1.165) is 28.6 Å². The maximum atomic E-state index is 14.0. The van der Waals surface area contributed by atoms with Crippen LogP contribution in [0.15, 0.2) is 54.9 Å². The number of nitrogens with one attached hydrogen (secondary N) is 1. The molecule has 5 aromatic rings. The Kier molecular flexibility index (Phi) is 6.35. The van der Waals surface area contributed by atoms with Gasteiger partial charge in [-0.3, -0.25) is 4.79 Å². The molecule has 0 fully saturated rings. The molecule has 0 aliphatic carbocycles. The number of para-hydroxylation sites is 1. The number of aryl methyl sites for hydroxylation is 1. The summed E-state index contributed by atoms with van der Waals surface area (Å²) in [6.45, 7) is 2.35. The van der Waals surface area contributed by atoms with Gasteiger partial charge in [-0.15, -0.1) is 0 Å². The molecule has 13 heteroatoms. The molecule has 0 spiro atoms. The molecule has 3 aromatic heterocycles. The first-order valence-electron chi connectivity index (χ1n) is 12.6. The van der Waals surface area contributed by atoms with E-state index in [0.29, 0.717) is 29.7 Å². The average Bonchev–Trinajstić information content (AvgIpc) is 3.54. The molecule has 6 rings (SSSR count). The number of ether oxygens (including phenoxy) is 1. The van der Waals surface area contributed by atoms with E-state index < -0.39 is 33.2 Å². The Balaban J connectivity index is 1.29. The average molecular weight is 579 g/mol. The molecular weight excluding hydrogens is 554 g/mol. The van der Waals surface area contributed by atoms with E-state index in [9.17, 15) is 22.0 Å². The Morgan fingerprint density at radius 3 is 2.59 bits per heavy atom. The summed E-state index contributed by atoms with van der Waals surface area (Å²) in [4.78, 5) is 20.8. The SMILES string of the molecule is Cc1cc(Oc2c(F)cccc2F)ncc1-n1ncc(C(=O)c2cc3c4c(ccc3[nH]2)CCN(S(C)(=O)=O)C4)c1N. The smallest absolute Gasteiger partial charge is 0.219 e. The summed E-state index contributed by atoms with van der Waals surface area (Å²) >= 11 is 0. The topological polar surface area (TPSA) is 136 Å². The molecule has 210 valence electrons. The van der Waals surface area contributed by atoms with Crippen LogP contribution < -0.4 is 10.5 Å². The van der Waals surface area contributed by atoms with E-state index in [1.54, 1.807) is 13.0 Å².